The number of pyridine rings is 2. The number of carbonyl (C=O) groups is 2. The van der Waals surface area contributed by atoms with Crippen LogP contribution in [0.5, 0.6) is 0 Å². The van der Waals surface area contributed by atoms with Gasteiger partial charge in [-0.15, -0.1) is 0 Å². The van der Waals surface area contributed by atoms with Crippen molar-refractivity contribution in [3.63, 3.8) is 0 Å². The molecule has 3 N–H and O–H groups in total. The Kier molecular flexibility index (Phi) is 7.43. The first-order chi connectivity index (χ1) is 18.2. The standard InChI is InChI=1S/C23H28FN7O.C2HF3O2/c1-14-11-30-12-17(19(24)15(2)20(30)27-14)28-22(32)31-9-6-16-18(5-7-25-21(16)31)29-10-8-26-23(3,4)13-29;3-2(4,5)1(6)7/h5,7,11-12,26H,6,8-10,13H2,1-4H3,(H,28,32);(H,6,7). The smallest absolute Gasteiger partial charge is 0.475 e. The molecule has 0 atom stereocenters. The maximum absolute atomic E-state index is 14.9. The van der Waals surface area contributed by atoms with E-state index >= 15 is 0 Å². The Labute approximate surface area is 221 Å². The SMILES string of the molecule is Cc1cn2cc(NC(=O)N3CCc4c(N5CCNC(C)(C)C5)ccnc43)c(F)c(C)c2n1.O=C(O)C(F)(F)F. The number of hydrogen-bond donors (Lipinski definition) is 3. The van der Waals surface area contributed by atoms with E-state index in [4.69, 9.17) is 9.90 Å². The number of amides is 2. The third kappa shape index (κ3) is 5.90. The predicted molar refractivity (Wildman–Crippen MR) is 137 cm³/mol. The molecule has 2 aliphatic heterocycles. The third-order valence-electron chi connectivity index (χ3n) is 6.51. The second kappa shape index (κ2) is 10.3. The molecule has 14 heteroatoms. The molecule has 0 aromatic carbocycles. The Morgan fingerprint density at radius 2 is 1.87 bits per heavy atom. The van der Waals surface area contributed by atoms with Crippen LogP contribution in [-0.2, 0) is 11.2 Å². The average molecular weight is 552 g/mol. The molecule has 1 saturated heterocycles. The third-order valence-corrected chi connectivity index (χ3v) is 6.51. The highest BCUT2D eigenvalue weighted by molar-refractivity contribution is 6.03. The number of alkyl halides is 3. The Morgan fingerprint density at radius 1 is 1.18 bits per heavy atom. The van der Waals surface area contributed by atoms with Gasteiger partial charge in [0.2, 0.25) is 0 Å². The molecule has 0 radical (unpaired) electrons. The van der Waals surface area contributed by atoms with Crippen molar-refractivity contribution >= 4 is 34.8 Å². The number of urea groups is 1. The second-order valence-electron chi connectivity index (χ2n) is 10.1. The number of nitrogens with zero attached hydrogens (tertiary/aromatic N) is 5. The van der Waals surface area contributed by atoms with Crippen LogP contribution < -0.4 is 20.4 Å². The van der Waals surface area contributed by atoms with E-state index in [2.05, 4.69) is 39.3 Å². The van der Waals surface area contributed by atoms with E-state index in [1.165, 1.54) is 0 Å². The number of rotatable bonds is 2. The number of carboxylic acids is 1. The lowest BCUT2D eigenvalue weighted by molar-refractivity contribution is -0.192. The van der Waals surface area contributed by atoms with Crippen LogP contribution in [0.1, 0.15) is 30.7 Å². The molecule has 3 aromatic rings. The Balaban J connectivity index is 0.000000448. The molecule has 210 valence electrons. The van der Waals surface area contributed by atoms with Crippen LogP contribution in [0, 0.1) is 19.7 Å². The van der Waals surface area contributed by atoms with Crippen molar-refractivity contribution in [1.82, 2.24) is 19.7 Å². The number of imidazole rings is 1. The maximum atomic E-state index is 14.9. The van der Waals surface area contributed by atoms with Gasteiger partial charge < -0.3 is 25.0 Å². The highest BCUT2D eigenvalue weighted by atomic mass is 19.4. The average Bonchev–Trinajstić information content (AvgIpc) is 3.44. The number of fused-ring (bicyclic) bond motifs is 2. The quantitative estimate of drug-likeness (QED) is 0.414. The summed E-state index contributed by atoms with van der Waals surface area (Å²) in [6.07, 6.45) is 0.766. The van der Waals surface area contributed by atoms with E-state index in [0.29, 0.717) is 23.6 Å². The summed E-state index contributed by atoms with van der Waals surface area (Å²) in [5, 5.41) is 13.4. The van der Waals surface area contributed by atoms with Crippen LogP contribution in [0.3, 0.4) is 0 Å². The van der Waals surface area contributed by atoms with Gasteiger partial charge in [0.15, 0.2) is 5.82 Å². The summed E-state index contributed by atoms with van der Waals surface area (Å²) in [4.78, 5) is 34.8. The fraction of sp³-hybridized carbons (Fsp3) is 0.440. The van der Waals surface area contributed by atoms with Crippen molar-refractivity contribution in [2.24, 2.45) is 0 Å². The minimum absolute atomic E-state index is 0.0176. The van der Waals surface area contributed by atoms with Gasteiger partial charge in [-0.05, 0) is 40.2 Å². The number of nitrogens with one attached hydrogen (secondary N) is 2. The van der Waals surface area contributed by atoms with Crippen LogP contribution in [-0.4, -0.2) is 69.4 Å². The van der Waals surface area contributed by atoms with E-state index in [9.17, 15) is 22.4 Å². The Morgan fingerprint density at radius 3 is 2.51 bits per heavy atom. The van der Waals surface area contributed by atoms with Crippen molar-refractivity contribution in [3.05, 3.63) is 47.3 Å². The van der Waals surface area contributed by atoms with Gasteiger partial charge in [-0.1, -0.05) is 0 Å². The summed E-state index contributed by atoms with van der Waals surface area (Å²) in [5.41, 5.74) is 4.08. The minimum atomic E-state index is -5.08. The largest absolute Gasteiger partial charge is 0.490 e. The molecule has 0 unspecified atom stereocenters. The van der Waals surface area contributed by atoms with E-state index in [0.717, 1.165) is 43.0 Å². The summed E-state index contributed by atoms with van der Waals surface area (Å²) in [7, 11) is 0. The molecule has 0 aliphatic carbocycles. The molecule has 0 bridgehead atoms. The van der Waals surface area contributed by atoms with Crippen LogP contribution in [0.4, 0.5) is 39.5 Å². The molecule has 0 saturated carbocycles. The van der Waals surface area contributed by atoms with Gasteiger partial charge in [-0.3, -0.25) is 4.90 Å². The van der Waals surface area contributed by atoms with Gasteiger partial charge in [0, 0.05) is 67.1 Å². The molecule has 0 spiro atoms. The first-order valence-electron chi connectivity index (χ1n) is 12.2. The number of halogens is 4. The predicted octanol–water partition coefficient (Wildman–Crippen LogP) is 3.90. The molecule has 5 heterocycles. The highest BCUT2D eigenvalue weighted by Gasteiger charge is 2.38. The molecule has 2 amide bonds. The fourth-order valence-corrected chi connectivity index (χ4v) is 4.77. The van der Waals surface area contributed by atoms with Gasteiger partial charge in [-0.2, -0.15) is 13.2 Å². The van der Waals surface area contributed by atoms with Crippen molar-refractivity contribution in [1.29, 1.82) is 0 Å². The summed E-state index contributed by atoms with van der Waals surface area (Å²) < 4.78 is 48.4. The van der Waals surface area contributed by atoms with Gasteiger partial charge >= 0.3 is 18.2 Å². The van der Waals surface area contributed by atoms with Crippen LogP contribution >= 0.6 is 0 Å². The first-order valence-corrected chi connectivity index (χ1v) is 12.2. The van der Waals surface area contributed by atoms with Crippen molar-refractivity contribution in [3.8, 4) is 0 Å². The number of carbonyl (C=O) groups excluding carboxylic acids is 1. The normalized spacial score (nSPS) is 16.5. The lowest BCUT2D eigenvalue weighted by Crippen LogP contribution is -2.57. The summed E-state index contributed by atoms with van der Waals surface area (Å²) >= 11 is 0. The van der Waals surface area contributed by atoms with Gasteiger partial charge in [0.25, 0.3) is 0 Å². The zero-order valence-corrected chi connectivity index (χ0v) is 21.9. The lowest BCUT2D eigenvalue weighted by atomic mass is 10.0. The van der Waals surface area contributed by atoms with Crippen molar-refractivity contribution in [2.75, 3.05) is 41.3 Å². The highest BCUT2D eigenvalue weighted by Crippen LogP contribution is 2.35. The van der Waals surface area contributed by atoms with Crippen LogP contribution in [0.15, 0.2) is 24.7 Å². The van der Waals surface area contributed by atoms with E-state index < -0.39 is 18.0 Å². The number of carboxylic acid groups (broad SMARTS) is 1. The Hall–Kier alpha value is -3.94. The minimum Gasteiger partial charge on any atom is -0.475 e. The molecule has 39 heavy (non-hydrogen) atoms. The number of piperazine rings is 1. The molecule has 3 aromatic heterocycles. The first kappa shape index (κ1) is 28.1. The molecular formula is C25H29F4N7O3. The fourth-order valence-electron chi connectivity index (χ4n) is 4.77. The maximum Gasteiger partial charge on any atom is 0.490 e. The zero-order valence-electron chi connectivity index (χ0n) is 21.9. The van der Waals surface area contributed by atoms with E-state index in [1.807, 2.05) is 19.2 Å². The van der Waals surface area contributed by atoms with Gasteiger partial charge in [0.05, 0.1) is 11.4 Å². The molecular weight excluding hydrogens is 522 g/mol. The molecule has 5 rings (SSSR count). The molecule has 1 fully saturated rings. The second-order valence-corrected chi connectivity index (χ2v) is 10.1. The summed E-state index contributed by atoms with van der Waals surface area (Å²) in [6, 6.07) is 1.64. The zero-order chi connectivity index (χ0) is 28.7. The number of aryl methyl sites for hydroxylation is 2. The van der Waals surface area contributed by atoms with Crippen LogP contribution in [0.25, 0.3) is 5.65 Å². The number of hydrogen-bond acceptors (Lipinski definition) is 6. The van der Waals surface area contributed by atoms with Crippen LogP contribution in [0.2, 0.25) is 0 Å². The number of aliphatic carboxylic acids is 1. The molecule has 10 nitrogen and oxygen atoms in total. The summed E-state index contributed by atoms with van der Waals surface area (Å²) in [6.45, 7) is 11.1. The van der Waals surface area contributed by atoms with Gasteiger partial charge in [0.1, 0.15) is 11.5 Å². The monoisotopic (exact) mass is 551 g/mol. The topological polar surface area (TPSA) is 115 Å². The van der Waals surface area contributed by atoms with Crippen molar-refractivity contribution in [2.45, 2.75) is 45.8 Å². The molecule has 2 aliphatic rings. The lowest BCUT2D eigenvalue weighted by Gasteiger charge is -2.41. The summed E-state index contributed by atoms with van der Waals surface area (Å²) in [5.74, 6) is -2.58. The van der Waals surface area contributed by atoms with Crippen molar-refractivity contribution < 1.29 is 32.3 Å². The van der Waals surface area contributed by atoms with E-state index in [1.54, 1.807) is 28.6 Å². The Bertz CT molecular complexity index is 1420. The van der Waals surface area contributed by atoms with E-state index in [-0.39, 0.29) is 17.3 Å². The van der Waals surface area contributed by atoms with Gasteiger partial charge in [-0.25, -0.2) is 23.9 Å². The number of anilines is 3. The number of aromatic nitrogens is 3.